The molecule has 0 saturated carbocycles. The molecule has 0 fully saturated rings. The molecule has 130 valence electrons. The third-order valence-corrected chi connectivity index (χ3v) is 5.19. The molecule has 0 aliphatic heterocycles. The highest BCUT2D eigenvalue weighted by atomic mass is 32.1. The van der Waals surface area contributed by atoms with Crippen LogP contribution in [-0.2, 0) is 11.2 Å². The molecule has 0 aliphatic carbocycles. The summed E-state index contributed by atoms with van der Waals surface area (Å²) in [6, 6.07) is 19.8. The SMILES string of the molecule is O=C(CCCc1cccs1)Nc1ccccc1-c1nc2ccccc2[nH]1. The minimum Gasteiger partial charge on any atom is -0.338 e. The number of nitrogens with zero attached hydrogens (tertiary/aromatic N) is 1. The van der Waals surface area contributed by atoms with Crippen molar-refractivity contribution in [2.45, 2.75) is 19.3 Å². The average Bonchev–Trinajstić information content (AvgIpc) is 3.31. The van der Waals surface area contributed by atoms with Gasteiger partial charge in [0.1, 0.15) is 5.82 Å². The maximum atomic E-state index is 12.4. The Morgan fingerprint density at radius 1 is 1.04 bits per heavy atom. The maximum Gasteiger partial charge on any atom is 0.224 e. The summed E-state index contributed by atoms with van der Waals surface area (Å²) >= 11 is 1.74. The Kier molecular flexibility index (Phi) is 4.80. The van der Waals surface area contributed by atoms with Gasteiger partial charge < -0.3 is 10.3 Å². The summed E-state index contributed by atoms with van der Waals surface area (Å²) in [5, 5.41) is 5.11. The van der Waals surface area contributed by atoms with Crippen LogP contribution in [0.5, 0.6) is 0 Å². The Bertz CT molecular complexity index is 988. The number of hydrogen-bond acceptors (Lipinski definition) is 3. The predicted molar refractivity (Wildman–Crippen MR) is 107 cm³/mol. The number of amides is 1. The van der Waals surface area contributed by atoms with E-state index < -0.39 is 0 Å². The minimum absolute atomic E-state index is 0.0325. The molecular weight excluding hydrogens is 342 g/mol. The monoisotopic (exact) mass is 361 g/mol. The van der Waals surface area contributed by atoms with E-state index in [-0.39, 0.29) is 5.91 Å². The van der Waals surface area contributed by atoms with Crippen molar-refractivity contribution in [3.63, 3.8) is 0 Å². The molecule has 2 aromatic carbocycles. The number of fused-ring (bicyclic) bond motifs is 1. The number of aromatic amines is 1. The van der Waals surface area contributed by atoms with Crippen LogP contribution in [0.4, 0.5) is 5.69 Å². The van der Waals surface area contributed by atoms with Crippen molar-refractivity contribution in [3.05, 3.63) is 70.9 Å². The number of hydrogen-bond donors (Lipinski definition) is 2. The number of benzene rings is 2. The van der Waals surface area contributed by atoms with Crippen molar-refractivity contribution in [2.24, 2.45) is 0 Å². The molecule has 2 N–H and O–H groups in total. The van der Waals surface area contributed by atoms with Gasteiger partial charge in [-0.1, -0.05) is 30.3 Å². The molecule has 26 heavy (non-hydrogen) atoms. The molecule has 5 heteroatoms. The van der Waals surface area contributed by atoms with Crippen molar-refractivity contribution in [1.29, 1.82) is 0 Å². The summed E-state index contributed by atoms with van der Waals surface area (Å²) in [6.07, 6.45) is 2.29. The first kappa shape index (κ1) is 16.5. The largest absolute Gasteiger partial charge is 0.338 e. The third kappa shape index (κ3) is 3.68. The van der Waals surface area contributed by atoms with E-state index in [1.54, 1.807) is 11.3 Å². The van der Waals surface area contributed by atoms with E-state index in [1.807, 2.05) is 54.6 Å². The van der Waals surface area contributed by atoms with Crippen molar-refractivity contribution in [1.82, 2.24) is 9.97 Å². The molecule has 1 amide bonds. The molecule has 0 aliphatic rings. The number of rotatable bonds is 6. The van der Waals surface area contributed by atoms with Crippen molar-refractivity contribution >= 4 is 34.0 Å². The molecule has 2 aromatic heterocycles. The van der Waals surface area contributed by atoms with Gasteiger partial charge in [0, 0.05) is 16.9 Å². The second kappa shape index (κ2) is 7.54. The standard InChI is InChI=1S/C21H19N3OS/c25-20(13-5-7-15-8-6-14-26-15)22-17-10-2-1-9-16(17)21-23-18-11-3-4-12-19(18)24-21/h1-4,6,8-12,14H,5,7,13H2,(H,22,25)(H,23,24). The summed E-state index contributed by atoms with van der Waals surface area (Å²) in [6.45, 7) is 0. The van der Waals surface area contributed by atoms with E-state index in [0.29, 0.717) is 6.42 Å². The lowest BCUT2D eigenvalue weighted by atomic mass is 10.1. The zero-order valence-electron chi connectivity index (χ0n) is 14.2. The van der Waals surface area contributed by atoms with Crippen LogP contribution in [0.25, 0.3) is 22.4 Å². The van der Waals surface area contributed by atoms with Gasteiger partial charge in [0.25, 0.3) is 0 Å². The van der Waals surface area contributed by atoms with E-state index in [1.165, 1.54) is 4.88 Å². The van der Waals surface area contributed by atoms with Crippen molar-refractivity contribution < 1.29 is 4.79 Å². The maximum absolute atomic E-state index is 12.4. The lowest BCUT2D eigenvalue weighted by Crippen LogP contribution is -2.12. The zero-order chi connectivity index (χ0) is 17.8. The summed E-state index contributed by atoms with van der Waals surface area (Å²) < 4.78 is 0. The Balaban J connectivity index is 1.47. The molecular formula is C21H19N3OS. The fraction of sp³-hybridized carbons (Fsp3) is 0.143. The van der Waals surface area contributed by atoms with Gasteiger partial charge in [-0.25, -0.2) is 4.98 Å². The topological polar surface area (TPSA) is 57.8 Å². The number of aryl methyl sites for hydroxylation is 1. The first-order valence-electron chi connectivity index (χ1n) is 8.66. The highest BCUT2D eigenvalue weighted by molar-refractivity contribution is 7.09. The minimum atomic E-state index is 0.0325. The Morgan fingerprint density at radius 2 is 1.88 bits per heavy atom. The van der Waals surface area contributed by atoms with Gasteiger partial charge in [-0.3, -0.25) is 4.79 Å². The van der Waals surface area contributed by atoms with Crippen molar-refractivity contribution in [3.8, 4) is 11.4 Å². The van der Waals surface area contributed by atoms with Crippen LogP contribution >= 0.6 is 11.3 Å². The number of anilines is 1. The highest BCUT2D eigenvalue weighted by Crippen LogP contribution is 2.27. The number of H-pyrrole nitrogens is 1. The average molecular weight is 361 g/mol. The Morgan fingerprint density at radius 3 is 2.73 bits per heavy atom. The van der Waals surface area contributed by atoms with E-state index in [0.717, 1.165) is 41.0 Å². The van der Waals surface area contributed by atoms with Gasteiger partial charge in [0.2, 0.25) is 5.91 Å². The molecule has 4 rings (SSSR count). The molecule has 0 bridgehead atoms. The number of carbonyl (C=O) groups is 1. The zero-order valence-corrected chi connectivity index (χ0v) is 15.1. The van der Waals surface area contributed by atoms with E-state index >= 15 is 0 Å². The molecule has 0 radical (unpaired) electrons. The van der Waals surface area contributed by atoms with Gasteiger partial charge in [0.15, 0.2) is 0 Å². The number of nitrogens with one attached hydrogen (secondary N) is 2. The van der Waals surface area contributed by atoms with E-state index in [9.17, 15) is 4.79 Å². The van der Waals surface area contributed by atoms with Crippen LogP contribution in [0.2, 0.25) is 0 Å². The van der Waals surface area contributed by atoms with E-state index in [4.69, 9.17) is 0 Å². The van der Waals surface area contributed by atoms with Gasteiger partial charge in [-0.05, 0) is 48.6 Å². The fourth-order valence-electron chi connectivity index (χ4n) is 2.97. The van der Waals surface area contributed by atoms with Crippen LogP contribution in [0.1, 0.15) is 17.7 Å². The number of para-hydroxylation sites is 3. The molecule has 4 aromatic rings. The molecule has 0 atom stereocenters. The smallest absolute Gasteiger partial charge is 0.224 e. The summed E-state index contributed by atoms with van der Waals surface area (Å²) in [7, 11) is 0. The summed E-state index contributed by atoms with van der Waals surface area (Å²) in [4.78, 5) is 21.6. The molecule has 0 spiro atoms. The Hall–Kier alpha value is -2.92. The quantitative estimate of drug-likeness (QED) is 0.492. The Labute approximate surface area is 155 Å². The van der Waals surface area contributed by atoms with Gasteiger partial charge >= 0.3 is 0 Å². The van der Waals surface area contributed by atoms with Crippen molar-refractivity contribution in [2.75, 3.05) is 5.32 Å². The third-order valence-electron chi connectivity index (χ3n) is 4.25. The van der Waals surface area contributed by atoms with Gasteiger partial charge in [-0.2, -0.15) is 0 Å². The summed E-state index contributed by atoms with van der Waals surface area (Å²) in [5.74, 6) is 0.797. The molecule has 4 nitrogen and oxygen atoms in total. The predicted octanol–water partition coefficient (Wildman–Crippen LogP) is 5.25. The second-order valence-electron chi connectivity index (χ2n) is 6.13. The number of aromatic nitrogens is 2. The fourth-order valence-corrected chi connectivity index (χ4v) is 3.72. The highest BCUT2D eigenvalue weighted by Gasteiger charge is 2.11. The first-order valence-corrected chi connectivity index (χ1v) is 9.54. The molecule has 2 heterocycles. The summed E-state index contributed by atoms with van der Waals surface area (Å²) in [5.41, 5.74) is 3.59. The van der Waals surface area contributed by atoms with Crippen LogP contribution in [-0.4, -0.2) is 15.9 Å². The van der Waals surface area contributed by atoms with Crippen LogP contribution in [0.15, 0.2) is 66.0 Å². The molecule has 0 saturated heterocycles. The van der Waals surface area contributed by atoms with Gasteiger partial charge in [0.05, 0.1) is 16.7 Å². The molecule has 0 unspecified atom stereocenters. The van der Waals surface area contributed by atoms with Gasteiger partial charge in [-0.15, -0.1) is 11.3 Å². The van der Waals surface area contributed by atoms with Crippen LogP contribution in [0.3, 0.4) is 0 Å². The lowest BCUT2D eigenvalue weighted by Gasteiger charge is -2.09. The lowest BCUT2D eigenvalue weighted by molar-refractivity contribution is -0.116. The second-order valence-corrected chi connectivity index (χ2v) is 7.16. The normalized spacial score (nSPS) is 10.9. The van der Waals surface area contributed by atoms with Crippen LogP contribution < -0.4 is 5.32 Å². The number of imidazole rings is 1. The van der Waals surface area contributed by atoms with Crippen LogP contribution in [0, 0.1) is 0 Å². The number of thiophene rings is 1. The van der Waals surface area contributed by atoms with E-state index in [2.05, 4.69) is 26.7 Å². The first-order chi connectivity index (χ1) is 12.8. The number of carbonyl (C=O) groups excluding carboxylic acids is 1.